The highest BCUT2D eigenvalue weighted by Gasteiger charge is 2.30. The zero-order valence-corrected chi connectivity index (χ0v) is 15.6. The van der Waals surface area contributed by atoms with Gasteiger partial charge < -0.3 is 10.1 Å². The van der Waals surface area contributed by atoms with Crippen LogP contribution in [0, 0.1) is 6.92 Å². The van der Waals surface area contributed by atoms with Crippen LogP contribution < -0.4 is 10.1 Å². The van der Waals surface area contributed by atoms with Gasteiger partial charge >= 0.3 is 6.18 Å². The normalized spacial score (nSPS) is 11.3. The van der Waals surface area contributed by atoms with Crippen molar-refractivity contribution in [3.05, 3.63) is 64.9 Å². The van der Waals surface area contributed by atoms with E-state index in [0.29, 0.717) is 0 Å². The molecule has 2 aromatic heterocycles. The number of hydrogen-bond acceptors (Lipinski definition) is 5. The predicted octanol–water partition coefficient (Wildman–Crippen LogP) is 4.23. The van der Waals surface area contributed by atoms with Crippen molar-refractivity contribution in [1.29, 1.82) is 0 Å². The summed E-state index contributed by atoms with van der Waals surface area (Å²) in [5, 5.41) is 3.49. The van der Waals surface area contributed by atoms with Gasteiger partial charge in [0.05, 0.1) is 17.8 Å². The summed E-state index contributed by atoms with van der Waals surface area (Å²) in [4.78, 5) is 21.4. The minimum absolute atomic E-state index is 0.0159. The Bertz CT molecular complexity index is 959. The van der Waals surface area contributed by atoms with Crippen LogP contribution >= 0.6 is 11.3 Å². The van der Waals surface area contributed by atoms with Crippen LogP contribution in [0.15, 0.2) is 48.8 Å². The van der Waals surface area contributed by atoms with Crippen LogP contribution in [0.1, 0.15) is 16.1 Å². The Kier molecular flexibility index (Phi) is 5.93. The first-order valence-electron chi connectivity index (χ1n) is 8.26. The number of nitrogens with one attached hydrogen (secondary N) is 1. The summed E-state index contributed by atoms with van der Waals surface area (Å²) in [5.41, 5.74) is 0.859. The summed E-state index contributed by atoms with van der Waals surface area (Å²) < 4.78 is 43.2. The molecule has 3 rings (SSSR count). The SMILES string of the molecule is Cc1nc(-c2cccnc2)sc1CNC(=O)COc1cccc(C(F)(F)F)c1. The molecule has 1 aromatic carbocycles. The molecule has 0 bridgehead atoms. The predicted molar refractivity (Wildman–Crippen MR) is 98.9 cm³/mol. The quantitative estimate of drug-likeness (QED) is 0.664. The number of ether oxygens (including phenoxy) is 1. The van der Waals surface area contributed by atoms with Crippen LogP contribution in [0.4, 0.5) is 13.2 Å². The number of thiazole rings is 1. The van der Waals surface area contributed by atoms with Crippen molar-refractivity contribution in [2.24, 2.45) is 0 Å². The Balaban J connectivity index is 1.55. The Morgan fingerprint density at radius 2 is 2.07 bits per heavy atom. The molecule has 9 heteroatoms. The average Bonchev–Trinajstić information content (AvgIpc) is 3.06. The largest absolute Gasteiger partial charge is 0.484 e. The number of aryl methyl sites for hydroxylation is 1. The van der Waals surface area contributed by atoms with Crippen molar-refractivity contribution >= 4 is 17.2 Å². The van der Waals surface area contributed by atoms with E-state index in [-0.39, 0.29) is 18.9 Å². The van der Waals surface area contributed by atoms with E-state index in [9.17, 15) is 18.0 Å². The summed E-state index contributed by atoms with van der Waals surface area (Å²) in [6, 6.07) is 8.13. The second kappa shape index (κ2) is 8.39. The van der Waals surface area contributed by atoms with E-state index in [1.54, 1.807) is 12.4 Å². The van der Waals surface area contributed by atoms with Crippen molar-refractivity contribution in [3.8, 4) is 16.3 Å². The van der Waals surface area contributed by atoms with E-state index in [4.69, 9.17) is 4.74 Å². The fourth-order valence-electron chi connectivity index (χ4n) is 2.35. The van der Waals surface area contributed by atoms with Crippen LogP contribution in [0.25, 0.3) is 10.6 Å². The number of hydrogen-bond donors (Lipinski definition) is 1. The summed E-state index contributed by atoms with van der Waals surface area (Å²) in [7, 11) is 0. The molecule has 1 N–H and O–H groups in total. The molecular formula is C19H16F3N3O2S. The second-order valence-electron chi connectivity index (χ2n) is 5.86. The lowest BCUT2D eigenvalue weighted by atomic mass is 10.2. The maximum atomic E-state index is 12.7. The van der Waals surface area contributed by atoms with Crippen molar-refractivity contribution in [1.82, 2.24) is 15.3 Å². The maximum Gasteiger partial charge on any atom is 0.416 e. The molecule has 1 amide bonds. The maximum absolute atomic E-state index is 12.7. The highest BCUT2D eigenvalue weighted by atomic mass is 32.1. The fourth-order valence-corrected chi connectivity index (χ4v) is 3.34. The molecule has 0 unspecified atom stereocenters. The lowest BCUT2D eigenvalue weighted by molar-refractivity contribution is -0.137. The molecule has 0 aliphatic rings. The number of rotatable bonds is 6. The third kappa shape index (κ3) is 5.07. The molecule has 146 valence electrons. The average molecular weight is 407 g/mol. The Hall–Kier alpha value is -2.94. The van der Waals surface area contributed by atoms with Crippen LogP contribution in [0.3, 0.4) is 0 Å². The smallest absolute Gasteiger partial charge is 0.416 e. The van der Waals surface area contributed by atoms with Gasteiger partial charge in [-0.25, -0.2) is 4.98 Å². The topological polar surface area (TPSA) is 64.1 Å². The number of carbonyl (C=O) groups is 1. The number of nitrogens with zero attached hydrogens (tertiary/aromatic N) is 2. The number of carbonyl (C=O) groups excluding carboxylic acids is 1. The van der Waals surface area contributed by atoms with E-state index in [0.717, 1.165) is 33.3 Å². The Morgan fingerprint density at radius 1 is 1.25 bits per heavy atom. The van der Waals surface area contributed by atoms with Gasteiger partial charge in [-0.2, -0.15) is 13.2 Å². The van der Waals surface area contributed by atoms with E-state index >= 15 is 0 Å². The Labute approximate surface area is 163 Å². The molecule has 0 radical (unpaired) electrons. The first kappa shape index (κ1) is 19.8. The molecule has 0 aliphatic carbocycles. The number of alkyl halides is 3. The molecule has 0 spiro atoms. The molecule has 0 atom stereocenters. The van der Waals surface area contributed by atoms with Gasteiger partial charge in [-0.05, 0) is 37.3 Å². The van der Waals surface area contributed by atoms with E-state index in [1.807, 2.05) is 19.1 Å². The van der Waals surface area contributed by atoms with Gasteiger partial charge in [-0.1, -0.05) is 6.07 Å². The van der Waals surface area contributed by atoms with E-state index in [1.165, 1.54) is 23.5 Å². The molecule has 0 fully saturated rings. The summed E-state index contributed by atoms with van der Waals surface area (Å²) in [5.74, 6) is -0.453. The number of benzene rings is 1. The summed E-state index contributed by atoms with van der Waals surface area (Å²) in [6.07, 6.45) is -1.07. The third-order valence-corrected chi connectivity index (χ3v) is 4.99. The van der Waals surface area contributed by atoms with E-state index in [2.05, 4.69) is 15.3 Å². The van der Waals surface area contributed by atoms with Crippen molar-refractivity contribution < 1.29 is 22.7 Å². The third-order valence-electron chi connectivity index (χ3n) is 3.78. The van der Waals surface area contributed by atoms with Gasteiger partial charge in [0, 0.05) is 22.8 Å². The van der Waals surface area contributed by atoms with Gasteiger partial charge in [0.2, 0.25) is 0 Å². The van der Waals surface area contributed by atoms with Gasteiger partial charge in [0.1, 0.15) is 10.8 Å². The highest BCUT2D eigenvalue weighted by Crippen LogP contribution is 2.31. The minimum atomic E-state index is -4.46. The lowest BCUT2D eigenvalue weighted by Crippen LogP contribution is -2.28. The Morgan fingerprint density at radius 3 is 2.79 bits per heavy atom. The molecule has 3 aromatic rings. The molecule has 0 saturated heterocycles. The van der Waals surface area contributed by atoms with Gasteiger partial charge in [-0.15, -0.1) is 11.3 Å². The number of amides is 1. The van der Waals surface area contributed by atoms with Crippen LogP contribution in [-0.2, 0) is 17.5 Å². The van der Waals surface area contributed by atoms with Crippen LogP contribution in [-0.4, -0.2) is 22.5 Å². The number of pyridine rings is 1. The molecule has 0 saturated carbocycles. The van der Waals surface area contributed by atoms with Crippen LogP contribution in [0.5, 0.6) is 5.75 Å². The van der Waals surface area contributed by atoms with Gasteiger partial charge in [0.25, 0.3) is 5.91 Å². The lowest BCUT2D eigenvalue weighted by Gasteiger charge is -2.10. The van der Waals surface area contributed by atoms with Crippen molar-refractivity contribution in [2.75, 3.05) is 6.61 Å². The zero-order valence-electron chi connectivity index (χ0n) is 14.8. The minimum Gasteiger partial charge on any atom is -0.484 e. The van der Waals surface area contributed by atoms with E-state index < -0.39 is 17.6 Å². The molecule has 2 heterocycles. The molecule has 5 nitrogen and oxygen atoms in total. The van der Waals surface area contributed by atoms with Crippen molar-refractivity contribution in [3.63, 3.8) is 0 Å². The first-order valence-corrected chi connectivity index (χ1v) is 9.08. The summed E-state index contributed by atoms with van der Waals surface area (Å²) >= 11 is 1.44. The number of halogens is 3. The molecular weight excluding hydrogens is 391 g/mol. The monoisotopic (exact) mass is 407 g/mol. The van der Waals surface area contributed by atoms with Gasteiger partial charge in [0.15, 0.2) is 6.61 Å². The van der Waals surface area contributed by atoms with Crippen LogP contribution in [0.2, 0.25) is 0 Å². The molecule has 0 aliphatic heterocycles. The standard InChI is InChI=1S/C19H16F3N3O2S/c1-12-16(28-18(25-12)13-4-3-7-23-9-13)10-24-17(26)11-27-15-6-2-5-14(8-15)19(20,21)22/h2-9H,10-11H2,1H3,(H,24,26). The summed E-state index contributed by atoms with van der Waals surface area (Å²) in [6.45, 7) is 1.72. The molecule has 28 heavy (non-hydrogen) atoms. The fraction of sp³-hybridized carbons (Fsp3) is 0.211. The second-order valence-corrected chi connectivity index (χ2v) is 6.94. The first-order chi connectivity index (χ1) is 13.3. The van der Waals surface area contributed by atoms with Gasteiger partial charge in [-0.3, -0.25) is 9.78 Å². The highest BCUT2D eigenvalue weighted by molar-refractivity contribution is 7.15. The van der Waals surface area contributed by atoms with Crippen molar-refractivity contribution in [2.45, 2.75) is 19.6 Å². The number of aromatic nitrogens is 2. The zero-order chi connectivity index (χ0) is 20.1.